The molecule has 5 heteroatoms. The van der Waals surface area contributed by atoms with E-state index in [9.17, 15) is 8.42 Å². The maximum absolute atomic E-state index is 12.3. The van der Waals surface area contributed by atoms with E-state index in [-0.39, 0.29) is 10.9 Å². The summed E-state index contributed by atoms with van der Waals surface area (Å²) in [5.74, 6) is 0. The maximum atomic E-state index is 12.3. The molecule has 0 heterocycles. The van der Waals surface area contributed by atoms with Gasteiger partial charge in [0.15, 0.2) is 0 Å². The summed E-state index contributed by atoms with van der Waals surface area (Å²) >= 11 is 5.92. The molecule has 0 aliphatic heterocycles. The van der Waals surface area contributed by atoms with E-state index >= 15 is 0 Å². The van der Waals surface area contributed by atoms with Crippen LogP contribution in [0, 0.1) is 6.92 Å². The van der Waals surface area contributed by atoms with Gasteiger partial charge in [0.05, 0.1) is 4.90 Å². The summed E-state index contributed by atoms with van der Waals surface area (Å²) in [6.07, 6.45) is 0. The van der Waals surface area contributed by atoms with Crippen molar-refractivity contribution >= 4 is 21.6 Å². The highest BCUT2D eigenvalue weighted by molar-refractivity contribution is 7.89. The molecule has 1 atom stereocenters. The van der Waals surface area contributed by atoms with E-state index in [2.05, 4.69) is 4.72 Å². The number of benzene rings is 2. The van der Waals surface area contributed by atoms with Crippen LogP contribution in [0.3, 0.4) is 0 Å². The Labute approximate surface area is 124 Å². The zero-order chi connectivity index (χ0) is 14.8. The summed E-state index contributed by atoms with van der Waals surface area (Å²) in [4.78, 5) is 0.261. The number of halogens is 1. The van der Waals surface area contributed by atoms with Crippen LogP contribution in [0.15, 0.2) is 53.4 Å². The third-order valence-corrected chi connectivity index (χ3v) is 4.80. The monoisotopic (exact) mass is 309 g/mol. The lowest BCUT2D eigenvalue weighted by atomic mass is 10.1. The van der Waals surface area contributed by atoms with E-state index in [0.29, 0.717) is 5.02 Å². The molecule has 0 fully saturated rings. The molecule has 0 spiro atoms. The lowest BCUT2D eigenvalue weighted by Gasteiger charge is -2.15. The number of nitrogens with one attached hydrogen (secondary N) is 1. The molecule has 2 aromatic rings. The zero-order valence-corrected chi connectivity index (χ0v) is 12.9. The molecule has 1 N–H and O–H groups in total. The first-order valence-electron chi connectivity index (χ1n) is 6.23. The normalized spacial score (nSPS) is 13.2. The van der Waals surface area contributed by atoms with Gasteiger partial charge in [-0.25, -0.2) is 13.1 Å². The van der Waals surface area contributed by atoms with Gasteiger partial charge in [0.1, 0.15) is 0 Å². The molecule has 0 aliphatic carbocycles. The molecule has 2 rings (SSSR count). The van der Waals surface area contributed by atoms with Gasteiger partial charge in [-0.1, -0.05) is 41.4 Å². The van der Waals surface area contributed by atoms with Gasteiger partial charge in [0.2, 0.25) is 10.0 Å². The van der Waals surface area contributed by atoms with Gasteiger partial charge < -0.3 is 0 Å². The fraction of sp³-hybridized carbons (Fsp3) is 0.200. The summed E-state index contributed by atoms with van der Waals surface area (Å²) in [5.41, 5.74) is 1.85. The van der Waals surface area contributed by atoms with Crippen molar-refractivity contribution in [3.8, 4) is 0 Å². The highest BCUT2D eigenvalue weighted by Crippen LogP contribution is 2.20. The van der Waals surface area contributed by atoms with Gasteiger partial charge >= 0.3 is 0 Å². The maximum Gasteiger partial charge on any atom is 0.241 e. The second kappa shape index (κ2) is 5.95. The molecule has 0 bridgehead atoms. The molecular weight excluding hydrogens is 294 g/mol. The summed E-state index contributed by atoms with van der Waals surface area (Å²) in [7, 11) is -3.53. The molecule has 0 aromatic heterocycles. The number of hydrogen-bond acceptors (Lipinski definition) is 2. The van der Waals surface area contributed by atoms with E-state index in [0.717, 1.165) is 11.1 Å². The van der Waals surface area contributed by atoms with Crippen LogP contribution >= 0.6 is 11.6 Å². The van der Waals surface area contributed by atoms with Gasteiger partial charge in [0, 0.05) is 11.1 Å². The van der Waals surface area contributed by atoms with Crippen molar-refractivity contribution in [2.45, 2.75) is 24.8 Å². The van der Waals surface area contributed by atoms with E-state index in [4.69, 9.17) is 11.6 Å². The molecule has 0 saturated carbocycles. The van der Waals surface area contributed by atoms with Gasteiger partial charge in [-0.05, 0) is 43.7 Å². The van der Waals surface area contributed by atoms with Crippen molar-refractivity contribution in [3.63, 3.8) is 0 Å². The van der Waals surface area contributed by atoms with Crippen LogP contribution in [-0.2, 0) is 10.0 Å². The molecule has 2 aromatic carbocycles. The predicted octanol–water partition coefficient (Wildman–Crippen LogP) is 3.69. The standard InChI is InChI=1S/C15H16ClNO2S/c1-11-6-8-15(9-7-11)20(18,19)17-12(2)13-4-3-5-14(16)10-13/h3-10,12,17H,1-2H3/t12-/m0/s1. The third kappa shape index (κ3) is 3.60. The number of hydrogen-bond donors (Lipinski definition) is 1. The van der Waals surface area contributed by atoms with Crippen LogP contribution in [0.2, 0.25) is 5.02 Å². The van der Waals surface area contributed by atoms with Crippen LogP contribution in [-0.4, -0.2) is 8.42 Å². The molecule has 0 aliphatic rings. The minimum atomic E-state index is -3.53. The Kier molecular flexibility index (Phi) is 4.48. The topological polar surface area (TPSA) is 46.2 Å². The van der Waals surface area contributed by atoms with E-state index < -0.39 is 10.0 Å². The molecule has 106 valence electrons. The van der Waals surface area contributed by atoms with Gasteiger partial charge in [-0.3, -0.25) is 0 Å². The van der Waals surface area contributed by atoms with Crippen LogP contribution < -0.4 is 4.72 Å². The Balaban J connectivity index is 2.22. The van der Waals surface area contributed by atoms with Crippen molar-refractivity contribution in [1.82, 2.24) is 4.72 Å². The fourth-order valence-corrected chi connectivity index (χ4v) is 3.29. The second-order valence-electron chi connectivity index (χ2n) is 4.71. The fourth-order valence-electron chi connectivity index (χ4n) is 1.86. The second-order valence-corrected chi connectivity index (χ2v) is 6.86. The number of aryl methyl sites for hydroxylation is 1. The average Bonchev–Trinajstić information content (AvgIpc) is 2.38. The first-order chi connectivity index (χ1) is 9.38. The molecule has 0 amide bonds. The predicted molar refractivity (Wildman–Crippen MR) is 81.4 cm³/mol. The van der Waals surface area contributed by atoms with Crippen molar-refractivity contribution in [3.05, 3.63) is 64.7 Å². The third-order valence-electron chi connectivity index (χ3n) is 3.01. The lowest BCUT2D eigenvalue weighted by Crippen LogP contribution is -2.26. The van der Waals surface area contributed by atoms with Crippen molar-refractivity contribution in [1.29, 1.82) is 0 Å². The quantitative estimate of drug-likeness (QED) is 0.936. The van der Waals surface area contributed by atoms with Gasteiger partial charge in [-0.15, -0.1) is 0 Å². The van der Waals surface area contributed by atoms with Crippen molar-refractivity contribution < 1.29 is 8.42 Å². The minimum Gasteiger partial charge on any atom is -0.207 e. The van der Waals surface area contributed by atoms with Crippen molar-refractivity contribution in [2.24, 2.45) is 0 Å². The minimum absolute atomic E-state index is 0.261. The Morgan fingerprint density at radius 1 is 1.10 bits per heavy atom. The Morgan fingerprint density at radius 3 is 2.35 bits per heavy atom. The van der Waals surface area contributed by atoms with E-state index in [1.165, 1.54) is 0 Å². The molecule has 20 heavy (non-hydrogen) atoms. The molecule has 0 unspecified atom stereocenters. The van der Waals surface area contributed by atoms with Crippen LogP contribution in [0.1, 0.15) is 24.1 Å². The number of rotatable bonds is 4. The van der Waals surface area contributed by atoms with Crippen LogP contribution in [0.25, 0.3) is 0 Å². The molecule has 3 nitrogen and oxygen atoms in total. The van der Waals surface area contributed by atoms with E-state index in [1.54, 1.807) is 49.4 Å². The SMILES string of the molecule is Cc1ccc(S(=O)(=O)N[C@@H](C)c2cccc(Cl)c2)cc1. The van der Waals surface area contributed by atoms with Crippen LogP contribution in [0.4, 0.5) is 0 Å². The largest absolute Gasteiger partial charge is 0.241 e. The smallest absolute Gasteiger partial charge is 0.207 e. The summed E-state index contributed by atoms with van der Waals surface area (Å²) in [6, 6.07) is 13.6. The molecular formula is C15H16ClNO2S. The average molecular weight is 310 g/mol. The van der Waals surface area contributed by atoms with Crippen LogP contribution in [0.5, 0.6) is 0 Å². The van der Waals surface area contributed by atoms with Gasteiger partial charge in [-0.2, -0.15) is 0 Å². The summed E-state index contributed by atoms with van der Waals surface area (Å²) < 4.78 is 27.2. The highest BCUT2D eigenvalue weighted by Gasteiger charge is 2.18. The zero-order valence-electron chi connectivity index (χ0n) is 11.3. The Morgan fingerprint density at radius 2 is 1.75 bits per heavy atom. The first-order valence-corrected chi connectivity index (χ1v) is 8.09. The number of sulfonamides is 1. The molecule has 0 radical (unpaired) electrons. The van der Waals surface area contributed by atoms with E-state index in [1.807, 2.05) is 13.0 Å². The molecule has 0 saturated heterocycles. The van der Waals surface area contributed by atoms with Crippen molar-refractivity contribution in [2.75, 3.05) is 0 Å². The van der Waals surface area contributed by atoms with Gasteiger partial charge in [0.25, 0.3) is 0 Å². The Hall–Kier alpha value is -1.36. The summed E-state index contributed by atoms with van der Waals surface area (Å²) in [6.45, 7) is 3.70. The lowest BCUT2D eigenvalue weighted by molar-refractivity contribution is 0.567. The highest BCUT2D eigenvalue weighted by atomic mass is 35.5. The first kappa shape index (κ1) is 15.0. The Bertz CT molecular complexity index is 696. The summed E-state index contributed by atoms with van der Waals surface area (Å²) in [5, 5.41) is 0.587.